The Morgan fingerprint density at radius 2 is 2.00 bits per heavy atom. The molecule has 0 bridgehead atoms. The van der Waals surface area contributed by atoms with Crippen LogP contribution in [0.5, 0.6) is 5.75 Å². The van der Waals surface area contributed by atoms with E-state index in [2.05, 4.69) is 6.92 Å². The lowest BCUT2D eigenvalue weighted by atomic mass is 9.94. The van der Waals surface area contributed by atoms with E-state index in [-0.39, 0.29) is 12.5 Å². The molecule has 0 saturated carbocycles. The molecule has 1 aromatic carbocycles. The maximum Gasteiger partial charge on any atom is 0.119 e. The average molecular weight is 194 g/mol. The molecule has 0 fully saturated rings. The van der Waals surface area contributed by atoms with E-state index < -0.39 is 0 Å². The number of aliphatic hydroxyl groups excluding tert-OH is 1. The summed E-state index contributed by atoms with van der Waals surface area (Å²) >= 11 is 0. The van der Waals surface area contributed by atoms with Gasteiger partial charge in [-0.05, 0) is 18.1 Å². The Morgan fingerprint density at radius 3 is 2.57 bits per heavy atom. The highest BCUT2D eigenvalue weighted by atomic mass is 16.3. The molecule has 0 aliphatic heterocycles. The summed E-state index contributed by atoms with van der Waals surface area (Å²) < 4.78 is 0. The van der Waals surface area contributed by atoms with Gasteiger partial charge in [-0.1, -0.05) is 38.0 Å². The Morgan fingerprint density at radius 1 is 1.29 bits per heavy atom. The van der Waals surface area contributed by atoms with Crippen molar-refractivity contribution >= 4 is 0 Å². The maximum absolute atomic E-state index is 9.60. The Hall–Kier alpha value is -1.02. The normalized spacial score (nSPS) is 12.7. The molecule has 0 radical (unpaired) electrons. The van der Waals surface area contributed by atoms with E-state index in [0.29, 0.717) is 5.75 Å². The van der Waals surface area contributed by atoms with Gasteiger partial charge >= 0.3 is 0 Å². The van der Waals surface area contributed by atoms with Crippen molar-refractivity contribution in [1.29, 1.82) is 0 Å². The average Bonchev–Trinajstić information content (AvgIpc) is 2.21. The van der Waals surface area contributed by atoms with Crippen LogP contribution in [0.25, 0.3) is 0 Å². The first kappa shape index (κ1) is 11.1. The third-order valence-corrected chi connectivity index (χ3v) is 2.50. The van der Waals surface area contributed by atoms with Crippen LogP contribution < -0.4 is 0 Å². The van der Waals surface area contributed by atoms with E-state index in [1.807, 2.05) is 12.1 Å². The third-order valence-electron chi connectivity index (χ3n) is 2.50. The van der Waals surface area contributed by atoms with E-state index in [1.54, 1.807) is 12.1 Å². The first-order chi connectivity index (χ1) is 6.79. The molecule has 1 unspecified atom stereocenters. The predicted molar refractivity (Wildman–Crippen MR) is 57.5 cm³/mol. The van der Waals surface area contributed by atoms with Crippen LogP contribution in [0.4, 0.5) is 0 Å². The summed E-state index contributed by atoms with van der Waals surface area (Å²) in [5.74, 6) is 0.374. The van der Waals surface area contributed by atoms with Crippen molar-refractivity contribution in [2.45, 2.75) is 32.1 Å². The third kappa shape index (κ3) is 2.74. The zero-order chi connectivity index (χ0) is 10.4. The Kier molecular flexibility index (Phi) is 4.47. The number of phenolic OH excluding ortho intramolecular Hbond substituents is 1. The molecule has 0 aliphatic carbocycles. The van der Waals surface area contributed by atoms with Gasteiger partial charge in [0, 0.05) is 5.92 Å². The van der Waals surface area contributed by atoms with Gasteiger partial charge in [0.05, 0.1) is 6.61 Å². The largest absolute Gasteiger partial charge is 0.508 e. The fourth-order valence-corrected chi connectivity index (χ4v) is 1.63. The molecule has 2 heteroatoms. The standard InChI is InChI=1S/C12H18O2/c1-2-3-6-10(9-13)11-7-4-5-8-12(11)14/h4-5,7-8,10,13-14H,2-3,6,9H2,1H3. The van der Waals surface area contributed by atoms with Gasteiger partial charge in [0.1, 0.15) is 5.75 Å². The summed E-state index contributed by atoms with van der Waals surface area (Å²) in [4.78, 5) is 0. The van der Waals surface area contributed by atoms with E-state index in [9.17, 15) is 10.2 Å². The van der Waals surface area contributed by atoms with Crippen LogP contribution in [0.15, 0.2) is 24.3 Å². The highest BCUT2D eigenvalue weighted by Gasteiger charge is 2.12. The minimum atomic E-state index is 0.0798. The molecule has 1 atom stereocenters. The summed E-state index contributed by atoms with van der Waals surface area (Å²) in [6.45, 7) is 2.23. The number of aliphatic hydroxyl groups is 1. The molecule has 0 amide bonds. The Balaban J connectivity index is 2.73. The SMILES string of the molecule is CCCCC(CO)c1ccccc1O. The second-order valence-electron chi connectivity index (χ2n) is 3.58. The predicted octanol–water partition coefficient (Wildman–Crippen LogP) is 2.66. The van der Waals surface area contributed by atoms with Crippen LogP contribution in [0.1, 0.15) is 37.7 Å². The van der Waals surface area contributed by atoms with Crippen molar-refractivity contribution in [2.75, 3.05) is 6.61 Å². The monoisotopic (exact) mass is 194 g/mol. The number of phenols is 1. The minimum absolute atomic E-state index is 0.0798. The second-order valence-corrected chi connectivity index (χ2v) is 3.58. The van der Waals surface area contributed by atoms with Crippen LogP contribution in [-0.4, -0.2) is 16.8 Å². The lowest BCUT2D eigenvalue weighted by Crippen LogP contribution is -2.04. The molecular weight excluding hydrogens is 176 g/mol. The van der Waals surface area contributed by atoms with Gasteiger partial charge < -0.3 is 10.2 Å². The molecule has 0 aliphatic rings. The van der Waals surface area contributed by atoms with Crippen molar-refractivity contribution in [1.82, 2.24) is 0 Å². The second kappa shape index (κ2) is 5.66. The molecule has 0 aromatic heterocycles. The summed E-state index contributed by atoms with van der Waals surface area (Å²) in [6.07, 6.45) is 3.13. The molecule has 0 heterocycles. The lowest BCUT2D eigenvalue weighted by Gasteiger charge is -2.15. The first-order valence-electron chi connectivity index (χ1n) is 5.18. The number of aromatic hydroxyl groups is 1. The van der Waals surface area contributed by atoms with Crippen LogP contribution in [0, 0.1) is 0 Å². The summed E-state index contributed by atoms with van der Waals surface area (Å²) in [7, 11) is 0. The molecule has 0 spiro atoms. The van der Waals surface area contributed by atoms with Crippen molar-refractivity contribution in [3.05, 3.63) is 29.8 Å². The van der Waals surface area contributed by atoms with Gasteiger partial charge in [-0.15, -0.1) is 0 Å². The first-order valence-corrected chi connectivity index (χ1v) is 5.18. The van der Waals surface area contributed by atoms with E-state index in [1.165, 1.54) is 0 Å². The zero-order valence-corrected chi connectivity index (χ0v) is 8.61. The fraction of sp³-hybridized carbons (Fsp3) is 0.500. The van der Waals surface area contributed by atoms with Gasteiger partial charge in [-0.25, -0.2) is 0 Å². The van der Waals surface area contributed by atoms with Crippen molar-refractivity contribution in [3.63, 3.8) is 0 Å². The Bertz CT molecular complexity index is 271. The van der Waals surface area contributed by atoms with Gasteiger partial charge in [-0.2, -0.15) is 0 Å². The van der Waals surface area contributed by atoms with E-state index in [0.717, 1.165) is 24.8 Å². The molecule has 1 aromatic rings. The highest BCUT2D eigenvalue weighted by molar-refractivity contribution is 5.34. The van der Waals surface area contributed by atoms with E-state index >= 15 is 0 Å². The van der Waals surface area contributed by atoms with Crippen LogP contribution in [0.3, 0.4) is 0 Å². The summed E-state index contributed by atoms with van der Waals surface area (Å²) in [6, 6.07) is 7.24. The fourth-order valence-electron chi connectivity index (χ4n) is 1.63. The van der Waals surface area contributed by atoms with Crippen molar-refractivity contribution < 1.29 is 10.2 Å². The van der Waals surface area contributed by atoms with Crippen LogP contribution in [0.2, 0.25) is 0 Å². The van der Waals surface area contributed by atoms with Gasteiger partial charge in [0.15, 0.2) is 0 Å². The molecule has 78 valence electrons. The zero-order valence-electron chi connectivity index (χ0n) is 8.61. The number of hydrogen-bond acceptors (Lipinski definition) is 2. The molecule has 2 N–H and O–H groups in total. The number of unbranched alkanes of at least 4 members (excludes halogenated alkanes) is 1. The molecule has 14 heavy (non-hydrogen) atoms. The van der Waals surface area contributed by atoms with Crippen LogP contribution in [-0.2, 0) is 0 Å². The maximum atomic E-state index is 9.60. The van der Waals surface area contributed by atoms with Gasteiger partial charge in [0.2, 0.25) is 0 Å². The molecule has 0 saturated heterocycles. The lowest BCUT2D eigenvalue weighted by molar-refractivity contribution is 0.254. The molecule has 1 rings (SSSR count). The van der Waals surface area contributed by atoms with Gasteiger partial charge in [0.25, 0.3) is 0 Å². The summed E-state index contributed by atoms with van der Waals surface area (Å²) in [5.41, 5.74) is 0.864. The smallest absolute Gasteiger partial charge is 0.119 e. The minimum Gasteiger partial charge on any atom is -0.508 e. The van der Waals surface area contributed by atoms with Crippen molar-refractivity contribution in [3.8, 4) is 5.75 Å². The number of rotatable bonds is 5. The van der Waals surface area contributed by atoms with Crippen molar-refractivity contribution in [2.24, 2.45) is 0 Å². The summed E-state index contributed by atoms with van der Waals surface area (Å²) in [5, 5.41) is 18.8. The highest BCUT2D eigenvalue weighted by Crippen LogP contribution is 2.28. The number of benzene rings is 1. The molecule has 2 nitrogen and oxygen atoms in total. The van der Waals surface area contributed by atoms with Crippen LogP contribution >= 0.6 is 0 Å². The Labute approximate surface area is 85.2 Å². The topological polar surface area (TPSA) is 40.5 Å². The quantitative estimate of drug-likeness (QED) is 0.756. The van der Waals surface area contributed by atoms with E-state index in [4.69, 9.17) is 0 Å². The molecular formula is C12H18O2. The number of para-hydroxylation sites is 1. The van der Waals surface area contributed by atoms with Gasteiger partial charge in [-0.3, -0.25) is 0 Å². The number of hydrogen-bond donors (Lipinski definition) is 2.